The number of piperazine rings is 1. The lowest BCUT2D eigenvalue weighted by Gasteiger charge is -2.35. The molecule has 1 aromatic heterocycles. The monoisotopic (exact) mass is 344 g/mol. The molecule has 0 bridgehead atoms. The summed E-state index contributed by atoms with van der Waals surface area (Å²) in [5.74, 6) is 1.50. The van der Waals surface area contributed by atoms with E-state index in [4.69, 9.17) is 4.74 Å². The number of tetrazole rings is 1. The second-order valence-electron chi connectivity index (χ2n) is 6.32. The molecule has 1 saturated heterocycles. The molecular formula is C17H24N6O2. The number of carbonyl (C=O) groups is 1. The van der Waals surface area contributed by atoms with Gasteiger partial charge in [0.2, 0.25) is 0 Å². The smallest absolute Gasteiger partial charge is 0.263 e. The van der Waals surface area contributed by atoms with Crippen molar-refractivity contribution in [2.24, 2.45) is 7.05 Å². The Kier molecular flexibility index (Phi) is 5.28. The summed E-state index contributed by atoms with van der Waals surface area (Å²) in [4.78, 5) is 18.2. The van der Waals surface area contributed by atoms with Crippen molar-refractivity contribution in [3.8, 4) is 5.75 Å². The summed E-state index contributed by atoms with van der Waals surface area (Å²) >= 11 is 0. The summed E-state index contributed by atoms with van der Waals surface area (Å²) in [5, 5.41) is 12.0. The van der Waals surface area contributed by atoms with Gasteiger partial charge in [0, 0.05) is 26.2 Å². The Balaban J connectivity index is 1.50. The molecule has 25 heavy (non-hydrogen) atoms. The summed E-state index contributed by atoms with van der Waals surface area (Å²) in [6.45, 7) is 7.39. The average Bonchev–Trinajstić information content (AvgIpc) is 3.02. The highest BCUT2D eigenvalue weighted by atomic mass is 16.5. The van der Waals surface area contributed by atoms with Gasteiger partial charge in [-0.2, -0.15) is 4.80 Å². The highest BCUT2D eigenvalue weighted by Gasteiger charge is 2.26. The minimum absolute atomic E-state index is 0.0283. The van der Waals surface area contributed by atoms with Crippen LogP contribution < -0.4 is 4.74 Å². The van der Waals surface area contributed by atoms with Gasteiger partial charge in [0.1, 0.15) is 5.75 Å². The van der Waals surface area contributed by atoms with E-state index in [0.29, 0.717) is 25.5 Å². The fraction of sp³-hybridized carbons (Fsp3) is 0.529. The standard InChI is InChI=1S/C17H24N6O2/c1-13-6-4-5-7-15(13)25-14(2)17(24)23-10-8-22(9-11-23)12-16-18-20-21(3)19-16/h4-7,14H,8-12H2,1-3H3. The van der Waals surface area contributed by atoms with Crippen molar-refractivity contribution in [2.45, 2.75) is 26.5 Å². The molecule has 0 spiro atoms. The van der Waals surface area contributed by atoms with Gasteiger partial charge in [-0.25, -0.2) is 0 Å². The van der Waals surface area contributed by atoms with Crippen molar-refractivity contribution < 1.29 is 9.53 Å². The SMILES string of the molecule is Cc1ccccc1OC(C)C(=O)N1CCN(Cc2nnn(C)n2)CC1. The van der Waals surface area contributed by atoms with Crippen LogP contribution in [0.4, 0.5) is 0 Å². The molecule has 2 aromatic rings. The third-order valence-corrected chi connectivity index (χ3v) is 4.34. The lowest BCUT2D eigenvalue weighted by atomic mass is 10.2. The molecule has 0 aliphatic carbocycles. The Morgan fingerprint density at radius 1 is 1.24 bits per heavy atom. The normalized spacial score (nSPS) is 16.7. The first-order chi connectivity index (χ1) is 12.0. The number of amides is 1. The average molecular weight is 344 g/mol. The van der Waals surface area contributed by atoms with Crippen molar-refractivity contribution in [1.82, 2.24) is 30.0 Å². The van der Waals surface area contributed by atoms with Gasteiger partial charge in [-0.1, -0.05) is 18.2 Å². The maximum atomic E-state index is 12.6. The number of hydrogen-bond acceptors (Lipinski definition) is 6. The lowest BCUT2D eigenvalue weighted by molar-refractivity contribution is -0.139. The van der Waals surface area contributed by atoms with E-state index in [0.717, 1.165) is 24.4 Å². The van der Waals surface area contributed by atoms with Crippen LogP contribution in [0.2, 0.25) is 0 Å². The van der Waals surface area contributed by atoms with Gasteiger partial charge in [0.15, 0.2) is 11.9 Å². The lowest BCUT2D eigenvalue weighted by Crippen LogP contribution is -2.51. The Labute approximate surface area is 147 Å². The van der Waals surface area contributed by atoms with Crippen LogP contribution in [0.1, 0.15) is 18.3 Å². The van der Waals surface area contributed by atoms with Gasteiger partial charge < -0.3 is 9.64 Å². The van der Waals surface area contributed by atoms with Crippen molar-refractivity contribution >= 4 is 5.91 Å². The number of carbonyl (C=O) groups excluding carboxylic acids is 1. The molecule has 0 saturated carbocycles. The van der Waals surface area contributed by atoms with Crippen molar-refractivity contribution in [1.29, 1.82) is 0 Å². The van der Waals surface area contributed by atoms with Crippen molar-refractivity contribution in [2.75, 3.05) is 26.2 Å². The maximum Gasteiger partial charge on any atom is 0.263 e. The summed E-state index contributed by atoms with van der Waals surface area (Å²) in [6, 6.07) is 7.75. The number of nitrogens with zero attached hydrogens (tertiary/aromatic N) is 6. The first-order valence-electron chi connectivity index (χ1n) is 8.49. The number of ether oxygens (including phenoxy) is 1. The molecule has 0 radical (unpaired) electrons. The second kappa shape index (κ2) is 7.60. The number of aryl methyl sites for hydroxylation is 2. The molecule has 1 amide bonds. The third kappa shape index (κ3) is 4.33. The largest absolute Gasteiger partial charge is 0.481 e. The predicted molar refractivity (Wildman–Crippen MR) is 91.9 cm³/mol. The van der Waals surface area contributed by atoms with Crippen LogP contribution in [0.5, 0.6) is 5.75 Å². The molecule has 1 aromatic carbocycles. The summed E-state index contributed by atoms with van der Waals surface area (Å²) < 4.78 is 5.85. The van der Waals surface area contributed by atoms with E-state index in [1.165, 1.54) is 4.80 Å². The number of para-hydroxylation sites is 1. The topological polar surface area (TPSA) is 76.4 Å². The van der Waals surface area contributed by atoms with Crippen LogP contribution in [0, 0.1) is 6.92 Å². The zero-order chi connectivity index (χ0) is 17.8. The van der Waals surface area contributed by atoms with Crippen LogP contribution in [0.3, 0.4) is 0 Å². The highest BCUT2D eigenvalue weighted by Crippen LogP contribution is 2.18. The molecule has 0 N–H and O–H groups in total. The predicted octanol–water partition coefficient (Wildman–Crippen LogP) is 0.630. The van der Waals surface area contributed by atoms with Crippen LogP contribution in [0.25, 0.3) is 0 Å². The molecule has 134 valence electrons. The van der Waals surface area contributed by atoms with Gasteiger partial charge in [0.05, 0.1) is 13.6 Å². The van der Waals surface area contributed by atoms with Crippen LogP contribution in [0.15, 0.2) is 24.3 Å². The van der Waals surface area contributed by atoms with Gasteiger partial charge in [0.25, 0.3) is 5.91 Å². The van der Waals surface area contributed by atoms with E-state index < -0.39 is 6.10 Å². The Morgan fingerprint density at radius 2 is 1.96 bits per heavy atom. The second-order valence-corrected chi connectivity index (χ2v) is 6.32. The summed E-state index contributed by atoms with van der Waals surface area (Å²) in [7, 11) is 1.75. The Bertz CT molecular complexity index is 723. The quantitative estimate of drug-likeness (QED) is 0.792. The zero-order valence-corrected chi connectivity index (χ0v) is 14.9. The molecule has 8 nitrogen and oxygen atoms in total. The van der Waals surface area contributed by atoms with Gasteiger partial charge in [-0.3, -0.25) is 9.69 Å². The Hall–Kier alpha value is -2.48. The van der Waals surface area contributed by atoms with Gasteiger partial charge >= 0.3 is 0 Å². The minimum Gasteiger partial charge on any atom is -0.481 e. The fourth-order valence-corrected chi connectivity index (χ4v) is 2.90. The first-order valence-corrected chi connectivity index (χ1v) is 8.49. The van der Waals surface area contributed by atoms with Gasteiger partial charge in [-0.05, 0) is 30.7 Å². The summed E-state index contributed by atoms with van der Waals surface area (Å²) in [5.41, 5.74) is 1.03. The van der Waals surface area contributed by atoms with E-state index >= 15 is 0 Å². The number of rotatable bonds is 5. The summed E-state index contributed by atoms with van der Waals surface area (Å²) in [6.07, 6.45) is -0.491. The van der Waals surface area contributed by atoms with Crippen molar-refractivity contribution in [3.63, 3.8) is 0 Å². The number of benzene rings is 1. The Morgan fingerprint density at radius 3 is 2.60 bits per heavy atom. The van der Waals surface area contributed by atoms with Crippen LogP contribution in [-0.2, 0) is 18.4 Å². The molecule has 1 unspecified atom stereocenters. The van der Waals surface area contributed by atoms with E-state index in [9.17, 15) is 4.79 Å². The molecule has 1 fully saturated rings. The van der Waals surface area contributed by atoms with Crippen molar-refractivity contribution in [3.05, 3.63) is 35.7 Å². The molecule has 1 aliphatic rings. The first kappa shape index (κ1) is 17.3. The van der Waals surface area contributed by atoms with E-state index in [1.807, 2.05) is 43.0 Å². The van der Waals surface area contributed by atoms with Gasteiger partial charge in [-0.15, -0.1) is 10.2 Å². The van der Waals surface area contributed by atoms with E-state index in [2.05, 4.69) is 20.3 Å². The number of hydrogen-bond donors (Lipinski definition) is 0. The maximum absolute atomic E-state index is 12.6. The van der Waals surface area contributed by atoms with Crippen LogP contribution >= 0.6 is 0 Å². The minimum atomic E-state index is -0.491. The van der Waals surface area contributed by atoms with E-state index in [1.54, 1.807) is 7.05 Å². The van der Waals surface area contributed by atoms with E-state index in [-0.39, 0.29) is 5.91 Å². The molecule has 2 heterocycles. The molecule has 1 aliphatic heterocycles. The third-order valence-electron chi connectivity index (χ3n) is 4.34. The molecule has 1 atom stereocenters. The molecular weight excluding hydrogens is 320 g/mol. The fourth-order valence-electron chi connectivity index (χ4n) is 2.90. The molecule has 8 heteroatoms. The zero-order valence-electron chi connectivity index (χ0n) is 14.9. The molecule has 3 rings (SSSR count). The number of aromatic nitrogens is 4. The van der Waals surface area contributed by atoms with Crippen LogP contribution in [-0.4, -0.2) is 68.2 Å². The highest BCUT2D eigenvalue weighted by molar-refractivity contribution is 5.81.